The standard InChI is InChI=1S/C15H18N4O2/c1-18-9-17-13-11(4-5-16-14(13)18)15(20)19-6-7-21-12(8-19)10-2-3-10/h4-5,9-10,12H,2-3,6-8H2,1H3. The normalized spacial score (nSPS) is 22.7. The Hall–Kier alpha value is -1.95. The molecule has 0 N–H and O–H groups in total. The number of aryl methyl sites for hydroxylation is 1. The molecule has 1 unspecified atom stereocenters. The van der Waals surface area contributed by atoms with Crippen LogP contribution < -0.4 is 0 Å². The average Bonchev–Trinajstić information content (AvgIpc) is 3.31. The first-order valence-corrected chi connectivity index (χ1v) is 7.41. The molecule has 21 heavy (non-hydrogen) atoms. The fourth-order valence-corrected chi connectivity index (χ4v) is 2.98. The first kappa shape index (κ1) is 12.8. The summed E-state index contributed by atoms with van der Waals surface area (Å²) in [7, 11) is 1.88. The van der Waals surface area contributed by atoms with Gasteiger partial charge in [-0.3, -0.25) is 4.79 Å². The molecule has 0 radical (unpaired) electrons. The van der Waals surface area contributed by atoms with Crippen LogP contribution in [-0.4, -0.2) is 51.1 Å². The van der Waals surface area contributed by atoms with Gasteiger partial charge in [-0.05, 0) is 24.8 Å². The van der Waals surface area contributed by atoms with Crippen molar-refractivity contribution < 1.29 is 9.53 Å². The molecule has 6 heteroatoms. The number of pyridine rings is 1. The van der Waals surface area contributed by atoms with Gasteiger partial charge in [-0.25, -0.2) is 9.97 Å². The molecule has 0 spiro atoms. The Morgan fingerprint density at radius 2 is 2.24 bits per heavy atom. The summed E-state index contributed by atoms with van der Waals surface area (Å²) in [4.78, 5) is 23.3. The lowest BCUT2D eigenvalue weighted by molar-refractivity contribution is -0.0313. The van der Waals surface area contributed by atoms with E-state index in [9.17, 15) is 4.79 Å². The van der Waals surface area contributed by atoms with E-state index in [0.29, 0.717) is 36.7 Å². The van der Waals surface area contributed by atoms with Crippen molar-refractivity contribution in [3.63, 3.8) is 0 Å². The van der Waals surface area contributed by atoms with Gasteiger partial charge in [0.15, 0.2) is 5.65 Å². The Morgan fingerprint density at radius 1 is 1.38 bits per heavy atom. The van der Waals surface area contributed by atoms with E-state index in [1.165, 1.54) is 12.8 Å². The first-order chi connectivity index (χ1) is 10.2. The minimum atomic E-state index is 0.0371. The van der Waals surface area contributed by atoms with Gasteiger partial charge in [0.25, 0.3) is 5.91 Å². The van der Waals surface area contributed by atoms with Crippen LogP contribution in [0.5, 0.6) is 0 Å². The minimum absolute atomic E-state index is 0.0371. The van der Waals surface area contributed by atoms with Crippen LogP contribution in [0, 0.1) is 5.92 Å². The zero-order valence-electron chi connectivity index (χ0n) is 12.0. The number of carbonyl (C=O) groups excluding carboxylic acids is 1. The number of amides is 1. The van der Waals surface area contributed by atoms with Gasteiger partial charge in [0.05, 0.1) is 24.6 Å². The molecule has 1 amide bonds. The van der Waals surface area contributed by atoms with Gasteiger partial charge in [0.2, 0.25) is 0 Å². The summed E-state index contributed by atoms with van der Waals surface area (Å²) in [6, 6.07) is 1.76. The summed E-state index contributed by atoms with van der Waals surface area (Å²) in [5.74, 6) is 0.683. The first-order valence-electron chi connectivity index (χ1n) is 7.41. The fourth-order valence-electron chi connectivity index (χ4n) is 2.98. The molecule has 2 aromatic rings. The fraction of sp³-hybridized carbons (Fsp3) is 0.533. The van der Waals surface area contributed by atoms with Crippen molar-refractivity contribution in [3.05, 3.63) is 24.2 Å². The van der Waals surface area contributed by atoms with E-state index in [4.69, 9.17) is 4.74 Å². The molecule has 1 saturated carbocycles. The van der Waals surface area contributed by atoms with Crippen LogP contribution in [0.25, 0.3) is 11.2 Å². The van der Waals surface area contributed by atoms with Gasteiger partial charge in [-0.2, -0.15) is 0 Å². The number of hydrogen-bond donors (Lipinski definition) is 0. The molecule has 1 aliphatic heterocycles. The van der Waals surface area contributed by atoms with Crippen LogP contribution in [0.2, 0.25) is 0 Å². The highest BCUT2D eigenvalue weighted by molar-refractivity contribution is 6.04. The third-order valence-corrected chi connectivity index (χ3v) is 4.36. The van der Waals surface area contributed by atoms with Crippen LogP contribution >= 0.6 is 0 Å². The predicted molar refractivity (Wildman–Crippen MR) is 76.9 cm³/mol. The van der Waals surface area contributed by atoms with Crippen molar-refractivity contribution in [1.82, 2.24) is 19.4 Å². The van der Waals surface area contributed by atoms with Gasteiger partial charge in [0, 0.05) is 26.3 Å². The second kappa shape index (κ2) is 4.80. The van der Waals surface area contributed by atoms with E-state index in [2.05, 4.69) is 9.97 Å². The van der Waals surface area contributed by atoms with Gasteiger partial charge in [0.1, 0.15) is 5.52 Å². The molecule has 1 aliphatic carbocycles. The molecule has 1 atom stereocenters. The maximum atomic E-state index is 12.8. The molecule has 3 heterocycles. The second-order valence-electron chi connectivity index (χ2n) is 5.88. The smallest absolute Gasteiger partial charge is 0.256 e. The van der Waals surface area contributed by atoms with Crippen molar-refractivity contribution in [3.8, 4) is 0 Å². The van der Waals surface area contributed by atoms with Crippen LogP contribution in [0.15, 0.2) is 18.6 Å². The van der Waals surface area contributed by atoms with Crippen molar-refractivity contribution in [2.75, 3.05) is 19.7 Å². The third kappa shape index (κ3) is 2.19. The molecule has 2 fully saturated rings. The van der Waals surface area contributed by atoms with Crippen molar-refractivity contribution in [2.45, 2.75) is 18.9 Å². The molecule has 0 bridgehead atoms. The molecule has 2 aromatic heterocycles. The average molecular weight is 286 g/mol. The summed E-state index contributed by atoms with van der Waals surface area (Å²) in [6.07, 6.45) is 6.04. The summed E-state index contributed by atoms with van der Waals surface area (Å²) < 4.78 is 7.62. The van der Waals surface area contributed by atoms with Gasteiger partial charge in [-0.1, -0.05) is 0 Å². The van der Waals surface area contributed by atoms with Crippen molar-refractivity contribution >= 4 is 17.1 Å². The Balaban J connectivity index is 1.63. The number of morpholine rings is 1. The number of carbonyl (C=O) groups is 1. The minimum Gasteiger partial charge on any atom is -0.374 e. The van der Waals surface area contributed by atoms with Gasteiger partial charge < -0.3 is 14.2 Å². The Labute approximate surface area is 122 Å². The predicted octanol–water partition coefficient (Wildman–Crippen LogP) is 1.22. The number of aromatic nitrogens is 3. The maximum Gasteiger partial charge on any atom is 0.256 e. The number of fused-ring (bicyclic) bond motifs is 1. The number of rotatable bonds is 2. The lowest BCUT2D eigenvalue weighted by Gasteiger charge is -2.33. The van der Waals surface area contributed by atoms with E-state index in [0.717, 1.165) is 5.65 Å². The van der Waals surface area contributed by atoms with Crippen LogP contribution in [0.1, 0.15) is 23.2 Å². The highest BCUT2D eigenvalue weighted by atomic mass is 16.5. The third-order valence-electron chi connectivity index (χ3n) is 4.36. The summed E-state index contributed by atoms with van der Waals surface area (Å²) >= 11 is 0. The Bertz CT molecular complexity index is 692. The van der Waals surface area contributed by atoms with Crippen LogP contribution in [0.3, 0.4) is 0 Å². The second-order valence-corrected chi connectivity index (χ2v) is 5.88. The lowest BCUT2D eigenvalue weighted by Crippen LogP contribution is -2.46. The number of nitrogens with zero attached hydrogens (tertiary/aromatic N) is 4. The Kier molecular flexibility index (Phi) is 2.92. The molecule has 110 valence electrons. The van der Waals surface area contributed by atoms with E-state index in [1.54, 1.807) is 18.6 Å². The quantitative estimate of drug-likeness (QED) is 0.833. The van der Waals surface area contributed by atoms with E-state index in [1.807, 2.05) is 16.5 Å². The largest absolute Gasteiger partial charge is 0.374 e. The molecule has 6 nitrogen and oxygen atoms in total. The summed E-state index contributed by atoms with van der Waals surface area (Å²) in [6.45, 7) is 1.97. The van der Waals surface area contributed by atoms with E-state index < -0.39 is 0 Å². The maximum absolute atomic E-state index is 12.8. The molecular weight excluding hydrogens is 268 g/mol. The lowest BCUT2D eigenvalue weighted by atomic mass is 10.1. The highest BCUT2D eigenvalue weighted by Gasteiger charge is 2.36. The number of imidazole rings is 1. The topological polar surface area (TPSA) is 60.2 Å². The van der Waals surface area contributed by atoms with Gasteiger partial charge in [-0.15, -0.1) is 0 Å². The van der Waals surface area contributed by atoms with Gasteiger partial charge >= 0.3 is 0 Å². The zero-order chi connectivity index (χ0) is 14.4. The van der Waals surface area contributed by atoms with Crippen molar-refractivity contribution in [2.24, 2.45) is 13.0 Å². The monoisotopic (exact) mass is 286 g/mol. The molecular formula is C15H18N4O2. The van der Waals surface area contributed by atoms with Crippen molar-refractivity contribution in [1.29, 1.82) is 0 Å². The highest BCUT2D eigenvalue weighted by Crippen LogP contribution is 2.36. The van der Waals surface area contributed by atoms with Crippen LogP contribution in [0.4, 0.5) is 0 Å². The van der Waals surface area contributed by atoms with Crippen LogP contribution in [-0.2, 0) is 11.8 Å². The summed E-state index contributed by atoms with van der Waals surface area (Å²) in [5, 5.41) is 0. The summed E-state index contributed by atoms with van der Waals surface area (Å²) in [5.41, 5.74) is 2.06. The number of hydrogen-bond acceptors (Lipinski definition) is 4. The van der Waals surface area contributed by atoms with E-state index in [-0.39, 0.29) is 12.0 Å². The Morgan fingerprint density at radius 3 is 3.05 bits per heavy atom. The zero-order valence-corrected chi connectivity index (χ0v) is 12.0. The molecule has 0 aromatic carbocycles. The van der Waals surface area contributed by atoms with E-state index >= 15 is 0 Å². The number of ether oxygens (including phenoxy) is 1. The molecule has 4 rings (SSSR count). The molecule has 2 aliphatic rings. The SMILES string of the molecule is Cn1cnc2c(C(=O)N3CCOC(C4CC4)C3)ccnc21. The molecule has 1 saturated heterocycles.